The van der Waals surface area contributed by atoms with E-state index in [1.54, 1.807) is 24.9 Å². The summed E-state index contributed by atoms with van der Waals surface area (Å²) in [5.41, 5.74) is 9.08. The molecule has 1 spiro atoms. The first-order chi connectivity index (χ1) is 17.2. The van der Waals surface area contributed by atoms with Crippen LogP contribution in [0.3, 0.4) is 0 Å². The molecule has 36 heavy (non-hydrogen) atoms. The van der Waals surface area contributed by atoms with E-state index in [1.807, 2.05) is 36.4 Å². The maximum atomic E-state index is 13.8. The number of allylic oxidation sites excluding steroid dienone is 1. The van der Waals surface area contributed by atoms with Crippen LogP contribution >= 0.6 is 0 Å². The maximum Gasteiger partial charge on any atom is 0.318 e. The SMILES string of the molecule is CC(C)(NC(=O)N1CCC2(CCN=C2C=C(N)c2cnc3ccccc3c2)C1)c1ccc(F)c(F)c1. The molecule has 8 heteroatoms. The van der Waals surface area contributed by atoms with Gasteiger partial charge in [-0.15, -0.1) is 0 Å². The van der Waals surface area contributed by atoms with Crippen molar-refractivity contribution in [1.29, 1.82) is 0 Å². The summed E-state index contributed by atoms with van der Waals surface area (Å²) in [5, 5.41) is 3.99. The summed E-state index contributed by atoms with van der Waals surface area (Å²) in [7, 11) is 0. The number of carbonyl (C=O) groups excluding carboxylic acids is 1. The zero-order valence-corrected chi connectivity index (χ0v) is 20.4. The van der Waals surface area contributed by atoms with E-state index in [4.69, 9.17) is 10.7 Å². The Morgan fingerprint density at radius 3 is 2.75 bits per heavy atom. The van der Waals surface area contributed by atoms with Crippen molar-refractivity contribution < 1.29 is 13.6 Å². The van der Waals surface area contributed by atoms with Crippen LogP contribution in [0.25, 0.3) is 16.6 Å². The van der Waals surface area contributed by atoms with Crippen LogP contribution in [0.5, 0.6) is 0 Å². The van der Waals surface area contributed by atoms with Gasteiger partial charge in [0.05, 0.1) is 11.1 Å². The summed E-state index contributed by atoms with van der Waals surface area (Å²) >= 11 is 0. The van der Waals surface area contributed by atoms with Crippen molar-refractivity contribution >= 4 is 28.3 Å². The van der Waals surface area contributed by atoms with Gasteiger partial charge in [0, 0.05) is 53.6 Å². The van der Waals surface area contributed by atoms with Gasteiger partial charge in [0.1, 0.15) is 0 Å². The highest BCUT2D eigenvalue weighted by Gasteiger charge is 2.45. The van der Waals surface area contributed by atoms with E-state index in [0.29, 0.717) is 30.9 Å². The number of rotatable bonds is 4. The molecule has 186 valence electrons. The van der Waals surface area contributed by atoms with E-state index in [0.717, 1.165) is 47.2 Å². The first-order valence-corrected chi connectivity index (χ1v) is 12.1. The summed E-state index contributed by atoms with van der Waals surface area (Å²) in [6, 6.07) is 13.3. The molecule has 2 aromatic carbocycles. The molecule has 1 fully saturated rings. The van der Waals surface area contributed by atoms with Crippen LogP contribution in [0, 0.1) is 17.0 Å². The number of halogens is 2. The third kappa shape index (κ3) is 4.43. The lowest BCUT2D eigenvalue weighted by Crippen LogP contribution is -2.48. The number of amides is 2. The van der Waals surface area contributed by atoms with E-state index < -0.39 is 17.2 Å². The number of nitrogens with zero attached hydrogens (tertiary/aromatic N) is 3. The average molecular weight is 490 g/mol. The lowest BCUT2D eigenvalue weighted by molar-refractivity contribution is 0.193. The zero-order valence-electron chi connectivity index (χ0n) is 20.4. The van der Waals surface area contributed by atoms with Crippen LogP contribution in [0.1, 0.15) is 37.8 Å². The minimum Gasteiger partial charge on any atom is -0.398 e. The van der Waals surface area contributed by atoms with Gasteiger partial charge < -0.3 is 16.0 Å². The van der Waals surface area contributed by atoms with Crippen LogP contribution in [0.15, 0.2) is 65.8 Å². The Morgan fingerprint density at radius 1 is 1.14 bits per heavy atom. The van der Waals surface area contributed by atoms with Crippen molar-refractivity contribution in [2.75, 3.05) is 19.6 Å². The van der Waals surface area contributed by atoms with Crippen molar-refractivity contribution in [1.82, 2.24) is 15.2 Å². The summed E-state index contributed by atoms with van der Waals surface area (Å²) in [4.78, 5) is 24.2. The molecule has 3 aromatic rings. The number of urea groups is 1. The predicted molar refractivity (Wildman–Crippen MR) is 137 cm³/mol. The Morgan fingerprint density at radius 2 is 1.94 bits per heavy atom. The summed E-state index contributed by atoms with van der Waals surface area (Å²) in [6.07, 6.45) is 5.32. The van der Waals surface area contributed by atoms with Gasteiger partial charge in [-0.25, -0.2) is 13.6 Å². The van der Waals surface area contributed by atoms with E-state index >= 15 is 0 Å². The number of likely N-dealkylation sites (tertiary alicyclic amines) is 1. The smallest absolute Gasteiger partial charge is 0.318 e. The molecule has 0 saturated carbocycles. The standard InChI is InChI=1S/C28H29F2N5O/c1-27(2,20-7-8-21(29)22(30)14-20)34-26(36)35-12-10-28(17-35)9-11-32-25(28)15-23(31)19-13-18-5-3-4-6-24(18)33-16-19/h3-8,13-16H,9-12,17,31H2,1-2H3,(H,34,36). The highest BCUT2D eigenvalue weighted by molar-refractivity contribution is 6.06. The number of carbonyl (C=O) groups is 1. The average Bonchev–Trinajstić information content (AvgIpc) is 3.47. The summed E-state index contributed by atoms with van der Waals surface area (Å²) < 4.78 is 27.1. The number of fused-ring (bicyclic) bond motifs is 1. The van der Waals surface area contributed by atoms with Crippen LogP contribution in [-0.2, 0) is 5.54 Å². The number of hydrogen-bond acceptors (Lipinski definition) is 4. The molecule has 1 unspecified atom stereocenters. The molecular formula is C28H29F2N5O. The van der Waals surface area contributed by atoms with E-state index in [1.165, 1.54) is 6.07 Å². The molecule has 3 heterocycles. The maximum absolute atomic E-state index is 13.8. The van der Waals surface area contributed by atoms with E-state index in [2.05, 4.69) is 10.3 Å². The molecule has 3 N–H and O–H groups in total. The quantitative estimate of drug-likeness (QED) is 0.541. The topological polar surface area (TPSA) is 83.6 Å². The molecule has 1 atom stereocenters. The van der Waals surface area contributed by atoms with Crippen molar-refractivity contribution in [2.24, 2.45) is 16.1 Å². The largest absolute Gasteiger partial charge is 0.398 e. The number of nitrogens with two attached hydrogens (primary N) is 1. The molecule has 6 nitrogen and oxygen atoms in total. The van der Waals surface area contributed by atoms with E-state index in [-0.39, 0.29) is 11.4 Å². The van der Waals surface area contributed by atoms with E-state index in [9.17, 15) is 13.6 Å². The molecular weight excluding hydrogens is 460 g/mol. The number of pyridine rings is 1. The fourth-order valence-electron chi connectivity index (χ4n) is 5.11. The Kier molecular flexibility index (Phi) is 5.98. The second-order valence-electron chi connectivity index (χ2n) is 10.2. The van der Waals surface area contributed by atoms with Crippen molar-refractivity contribution in [3.8, 4) is 0 Å². The molecule has 1 aromatic heterocycles. The molecule has 0 aliphatic carbocycles. The molecule has 0 bridgehead atoms. The first kappa shape index (κ1) is 23.9. The van der Waals surface area contributed by atoms with Crippen LogP contribution in [0.4, 0.5) is 13.6 Å². The van der Waals surface area contributed by atoms with Crippen LogP contribution < -0.4 is 11.1 Å². The van der Waals surface area contributed by atoms with Crippen molar-refractivity contribution in [3.63, 3.8) is 0 Å². The van der Waals surface area contributed by atoms with Gasteiger partial charge >= 0.3 is 6.03 Å². The Hall–Kier alpha value is -3.81. The van der Waals surface area contributed by atoms with Gasteiger partial charge in [-0.3, -0.25) is 9.98 Å². The third-order valence-electron chi connectivity index (χ3n) is 7.33. The third-order valence-corrected chi connectivity index (χ3v) is 7.33. The number of hydrogen-bond donors (Lipinski definition) is 2. The van der Waals surface area contributed by atoms with Crippen LogP contribution in [-0.4, -0.2) is 41.3 Å². The van der Waals surface area contributed by atoms with Crippen LogP contribution in [0.2, 0.25) is 0 Å². The fraction of sp³-hybridized carbons (Fsp3) is 0.321. The van der Waals surface area contributed by atoms with Gasteiger partial charge in [-0.2, -0.15) is 0 Å². The number of aromatic nitrogens is 1. The monoisotopic (exact) mass is 489 g/mol. The number of nitrogens with one attached hydrogen (secondary N) is 1. The van der Waals surface area contributed by atoms with Crippen molar-refractivity contribution in [3.05, 3.63) is 83.6 Å². The molecule has 5 rings (SSSR count). The molecule has 2 amide bonds. The first-order valence-electron chi connectivity index (χ1n) is 12.1. The fourth-order valence-corrected chi connectivity index (χ4v) is 5.11. The Labute approximate surface area is 208 Å². The highest BCUT2D eigenvalue weighted by Crippen LogP contribution is 2.40. The minimum atomic E-state index is -0.937. The number of aliphatic imine (C=N–C) groups is 1. The minimum absolute atomic E-state index is 0.247. The lowest BCUT2D eigenvalue weighted by Gasteiger charge is -2.31. The summed E-state index contributed by atoms with van der Waals surface area (Å²) in [6.45, 7) is 5.32. The molecule has 2 aliphatic heterocycles. The van der Waals surface area contributed by atoms with Gasteiger partial charge in [0.15, 0.2) is 11.6 Å². The second-order valence-corrected chi connectivity index (χ2v) is 10.2. The molecule has 1 saturated heterocycles. The highest BCUT2D eigenvalue weighted by atomic mass is 19.2. The van der Waals surface area contributed by atoms with Gasteiger partial charge in [-0.1, -0.05) is 24.3 Å². The van der Waals surface area contributed by atoms with Gasteiger partial charge in [0.25, 0.3) is 0 Å². The summed E-state index contributed by atoms with van der Waals surface area (Å²) in [5.74, 6) is -1.85. The Bertz CT molecular complexity index is 1400. The molecule has 0 radical (unpaired) electrons. The zero-order chi connectivity index (χ0) is 25.5. The Balaban J connectivity index is 1.31. The van der Waals surface area contributed by atoms with Crippen molar-refractivity contribution in [2.45, 2.75) is 32.2 Å². The second kappa shape index (κ2) is 9.00. The number of benzene rings is 2. The van der Waals surface area contributed by atoms with Gasteiger partial charge in [0.2, 0.25) is 0 Å². The normalized spacial score (nSPS) is 20.3. The van der Waals surface area contributed by atoms with Gasteiger partial charge in [-0.05, 0) is 62.6 Å². The predicted octanol–water partition coefficient (Wildman–Crippen LogP) is 4.99. The lowest BCUT2D eigenvalue weighted by atomic mass is 9.80. The molecule has 2 aliphatic rings. The number of para-hydroxylation sites is 1.